The average Bonchev–Trinajstić information content (AvgIpc) is 2.91. The van der Waals surface area contributed by atoms with Gasteiger partial charge in [0.1, 0.15) is 11.5 Å². The van der Waals surface area contributed by atoms with E-state index in [4.69, 9.17) is 0 Å². The van der Waals surface area contributed by atoms with Gasteiger partial charge in [0, 0.05) is 5.56 Å². The number of aromatic hydroxyl groups is 1. The van der Waals surface area contributed by atoms with Gasteiger partial charge in [-0.1, -0.05) is 0 Å². The minimum Gasteiger partial charge on any atom is -0.508 e. The fraction of sp³-hybridized carbons (Fsp3) is 0.455. The Balaban J connectivity index is 2.37. The topological polar surface area (TPSA) is 29.5 Å². The summed E-state index contributed by atoms with van der Waals surface area (Å²) >= 11 is 0. The maximum atomic E-state index is 12.2. The third-order valence-electron chi connectivity index (χ3n) is 2.57. The van der Waals surface area contributed by atoms with E-state index < -0.39 is 6.36 Å². The Kier molecular flexibility index (Phi) is 2.48. The molecule has 1 aliphatic rings. The molecule has 2 rings (SSSR count). The first-order valence-electron chi connectivity index (χ1n) is 4.96. The van der Waals surface area contributed by atoms with Crippen molar-refractivity contribution in [1.82, 2.24) is 0 Å². The van der Waals surface area contributed by atoms with Crippen molar-refractivity contribution in [3.63, 3.8) is 0 Å². The summed E-state index contributed by atoms with van der Waals surface area (Å²) in [4.78, 5) is 0. The predicted octanol–water partition coefficient (Wildman–Crippen LogP) is 3.48. The van der Waals surface area contributed by atoms with Gasteiger partial charge in [-0.3, -0.25) is 0 Å². The second kappa shape index (κ2) is 3.57. The first kappa shape index (κ1) is 11.1. The van der Waals surface area contributed by atoms with E-state index in [1.165, 1.54) is 19.1 Å². The van der Waals surface area contributed by atoms with Crippen molar-refractivity contribution in [3.8, 4) is 11.5 Å². The fourth-order valence-electron chi connectivity index (χ4n) is 1.61. The van der Waals surface area contributed by atoms with Gasteiger partial charge in [-0.15, -0.1) is 13.2 Å². The highest BCUT2D eigenvalue weighted by Gasteiger charge is 2.35. The van der Waals surface area contributed by atoms with Crippen LogP contribution in [0.1, 0.15) is 29.9 Å². The molecule has 1 aromatic carbocycles. The summed E-state index contributed by atoms with van der Waals surface area (Å²) in [5.74, 6) is -0.0921. The minimum atomic E-state index is -4.69. The van der Waals surface area contributed by atoms with E-state index in [1.807, 2.05) is 0 Å². The Morgan fingerprint density at radius 3 is 2.44 bits per heavy atom. The zero-order valence-corrected chi connectivity index (χ0v) is 8.64. The molecule has 0 bridgehead atoms. The minimum absolute atomic E-state index is 0.0106. The van der Waals surface area contributed by atoms with Crippen molar-refractivity contribution in [1.29, 1.82) is 0 Å². The molecule has 0 heterocycles. The summed E-state index contributed by atoms with van der Waals surface area (Å²) < 4.78 is 40.4. The Labute approximate surface area is 90.7 Å². The summed E-state index contributed by atoms with van der Waals surface area (Å²) in [7, 11) is 0. The number of phenolic OH excluding ortho intramolecular Hbond substituents is 1. The lowest BCUT2D eigenvalue weighted by molar-refractivity contribution is -0.274. The van der Waals surface area contributed by atoms with Crippen molar-refractivity contribution in [3.05, 3.63) is 23.3 Å². The standard InChI is InChI=1S/C11H11F3O2/c1-6-4-10(16-11(12,13)14)8(5-9(6)15)7-2-3-7/h4-5,7,15H,2-3H2,1H3. The van der Waals surface area contributed by atoms with Crippen molar-refractivity contribution in [2.45, 2.75) is 32.0 Å². The molecular formula is C11H11F3O2. The molecule has 0 unspecified atom stereocenters. The molecule has 5 heteroatoms. The molecular weight excluding hydrogens is 221 g/mol. The normalized spacial score (nSPS) is 16.2. The van der Waals surface area contributed by atoms with E-state index in [2.05, 4.69) is 4.74 Å². The molecule has 16 heavy (non-hydrogen) atoms. The number of alkyl halides is 3. The van der Waals surface area contributed by atoms with E-state index in [0.29, 0.717) is 11.1 Å². The van der Waals surface area contributed by atoms with Gasteiger partial charge in [0.2, 0.25) is 0 Å². The molecule has 0 radical (unpaired) electrons. The van der Waals surface area contributed by atoms with Crippen molar-refractivity contribution in [2.75, 3.05) is 0 Å². The molecule has 1 aliphatic carbocycles. The van der Waals surface area contributed by atoms with Crippen LogP contribution in [0.25, 0.3) is 0 Å². The number of hydrogen-bond donors (Lipinski definition) is 1. The molecule has 0 spiro atoms. The van der Waals surface area contributed by atoms with Crippen LogP contribution in [0.15, 0.2) is 12.1 Å². The number of phenols is 1. The van der Waals surface area contributed by atoms with Crippen LogP contribution in [0.3, 0.4) is 0 Å². The molecule has 0 aliphatic heterocycles. The highest BCUT2D eigenvalue weighted by atomic mass is 19.4. The molecule has 0 atom stereocenters. The zero-order chi connectivity index (χ0) is 11.9. The van der Waals surface area contributed by atoms with Crippen molar-refractivity contribution >= 4 is 0 Å². The van der Waals surface area contributed by atoms with Crippen LogP contribution in [-0.2, 0) is 0 Å². The lowest BCUT2D eigenvalue weighted by atomic mass is 10.1. The molecule has 0 saturated heterocycles. The van der Waals surface area contributed by atoms with E-state index in [0.717, 1.165) is 12.8 Å². The SMILES string of the molecule is Cc1cc(OC(F)(F)F)c(C2CC2)cc1O. The van der Waals surface area contributed by atoms with Crippen LogP contribution >= 0.6 is 0 Å². The Bertz CT molecular complexity index is 408. The summed E-state index contributed by atoms with van der Waals surface area (Å²) in [6.45, 7) is 1.54. The van der Waals surface area contributed by atoms with Gasteiger partial charge in [0.25, 0.3) is 0 Å². The number of hydrogen-bond acceptors (Lipinski definition) is 2. The van der Waals surface area contributed by atoms with Crippen LogP contribution in [0.5, 0.6) is 11.5 Å². The smallest absolute Gasteiger partial charge is 0.508 e. The van der Waals surface area contributed by atoms with Crippen LogP contribution in [-0.4, -0.2) is 11.5 Å². The number of ether oxygens (including phenoxy) is 1. The van der Waals surface area contributed by atoms with Crippen molar-refractivity contribution in [2.24, 2.45) is 0 Å². The number of halogens is 3. The molecule has 0 aromatic heterocycles. The molecule has 88 valence electrons. The first-order valence-corrected chi connectivity index (χ1v) is 4.96. The summed E-state index contributed by atoms with van der Waals surface area (Å²) in [5, 5.41) is 9.46. The maximum Gasteiger partial charge on any atom is 0.573 e. The monoisotopic (exact) mass is 232 g/mol. The maximum absolute atomic E-state index is 12.2. The third kappa shape index (κ3) is 2.40. The van der Waals surface area contributed by atoms with E-state index in [9.17, 15) is 18.3 Å². The largest absolute Gasteiger partial charge is 0.573 e. The molecule has 0 amide bonds. The Morgan fingerprint density at radius 1 is 1.31 bits per heavy atom. The summed E-state index contributed by atoms with van der Waals surface area (Å²) in [6.07, 6.45) is -3.00. The van der Waals surface area contributed by atoms with Crippen molar-refractivity contribution < 1.29 is 23.0 Å². The lowest BCUT2D eigenvalue weighted by Gasteiger charge is -2.14. The third-order valence-corrected chi connectivity index (χ3v) is 2.57. The molecule has 1 fully saturated rings. The summed E-state index contributed by atoms with van der Waals surface area (Å²) in [6, 6.07) is 2.60. The molecule has 2 nitrogen and oxygen atoms in total. The van der Waals surface area contributed by atoms with Gasteiger partial charge in [0.15, 0.2) is 0 Å². The van der Waals surface area contributed by atoms with E-state index in [-0.39, 0.29) is 17.4 Å². The Morgan fingerprint density at radius 2 is 1.94 bits per heavy atom. The fourth-order valence-corrected chi connectivity index (χ4v) is 1.61. The van der Waals surface area contributed by atoms with Gasteiger partial charge in [-0.05, 0) is 43.4 Å². The van der Waals surface area contributed by atoms with Crippen LogP contribution < -0.4 is 4.74 Å². The summed E-state index contributed by atoms with van der Waals surface area (Å²) in [5.41, 5.74) is 0.823. The number of benzene rings is 1. The van der Waals surface area contributed by atoms with Gasteiger partial charge < -0.3 is 9.84 Å². The van der Waals surface area contributed by atoms with Gasteiger partial charge >= 0.3 is 6.36 Å². The van der Waals surface area contributed by atoms with E-state index >= 15 is 0 Å². The van der Waals surface area contributed by atoms with Crippen LogP contribution in [0.2, 0.25) is 0 Å². The Hall–Kier alpha value is -1.39. The predicted molar refractivity (Wildman–Crippen MR) is 51.5 cm³/mol. The highest BCUT2D eigenvalue weighted by molar-refractivity contribution is 5.48. The second-order valence-corrected chi connectivity index (χ2v) is 4.00. The molecule has 1 saturated carbocycles. The molecule has 1 N–H and O–H groups in total. The second-order valence-electron chi connectivity index (χ2n) is 4.00. The van der Waals surface area contributed by atoms with Gasteiger partial charge in [-0.25, -0.2) is 0 Å². The van der Waals surface area contributed by atoms with Gasteiger partial charge in [-0.2, -0.15) is 0 Å². The molecule has 1 aromatic rings. The quantitative estimate of drug-likeness (QED) is 0.845. The lowest BCUT2D eigenvalue weighted by Crippen LogP contribution is -2.18. The highest BCUT2D eigenvalue weighted by Crippen LogP contribution is 2.47. The van der Waals surface area contributed by atoms with Crippen LogP contribution in [0, 0.1) is 6.92 Å². The van der Waals surface area contributed by atoms with E-state index in [1.54, 1.807) is 0 Å². The number of rotatable bonds is 2. The average molecular weight is 232 g/mol. The van der Waals surface area contributed by atoms with Crippen LogP contribution in [0.4, 0.5) is 13.2 Å². The zero-order valence-electron chi connectivity index (χ0n) is 8.64. The number of aryl methyl sites for hydroxylation is 1. The van der Waals surface area contributed by atoms with Gasteiger partial charge in [0.05, 0.1) is 0 Å². The first-order chi connectivity index (χ1) is 7.37.